The fraction of sp³-hybridized carbons (Fsp3) is 1.00. The van der Waals surface area contributed by atoms with Crippen molar-refractivity contribution in [2.45, 2.75) is 64.0 Å². The van der Waals surface area contributed by atoms with Crippen LogP contribution in [0.4, 0.5) is 0 Å². The van der Waals surface area contributed by atoms with E-state index >= 15 is 0 Å². The van der Waals surface area contributed by atoms with Crippen LogP contribution in [0.15, 0.2) is 0 Å². The summed E-state index contributed by atoms with van der Waals surface area (Å²) in [4.78, 5) is 2.57. The maximum atomic E-state index is 6.30. The Morgan fingerprint density at radius 3 is 2.29 bits per heavy atom. The molecule has 17 heavy (non-hydrogen) atoms. The van der Waals surface area contributed by atoms with E-state index in [0.717, 1.165) is 26.1 Å². The van der Waals surface area contributed by atoms with E-state index in [0.29, 0.717) is 6.04 Å². The first kappa shape index (κ1) is 14.9. The number of ether oxygens (including phenoxy) is 1. The van der Waals surface area contributed by atoms with Gasteiger partial charge in [0.2, 0.25) is 0 Å². The van der Waals surface area contributed by atoms with Crippen molar-refractivity contribution >= 4 is 0 Å². The van der Waals surface area contributed by atoms with Gasteiger partial charge in [0.05, 0.1) is 6.61 Å². The van der Waals surface area contributed by atoms with Crippen molar-refractivity contribution in [2.75, 3.05) is 26.8 Å². The highest BCUT2D eigenvalue weighted by Crippen LogP contribution is 2.32. The summed E-state index contributed by atoms with van der Waals surface area (Å²) < 4.78 is 5.21. The first-order chi connectivity index (χ1) is 8.15. The number of methoxy groups -OCH3 is 1. The Kier molecular flexibility index (Phi) is 6.45. The molecule has 1 fully saturated rings. The van der Waals surface area contributed by atoms with Crippen molar-refractivity contribution in [2.24, 2.45) is 5.73 Å². The van der Waals surface area contributed by atoms with Crippen LogP contribution in [-0.4, -0.2) is 43.3 Å². The third-order valence-corrected chi connectivity index (χ3v) is 4.29. The van der Waals surface area contributed by atoms with E-state index in [9.17, 15) is 0 Å². The minimum Gasteiger partial charge on any atom is -0.383 e. The summed E-state index contributed by atoms with van der Waals surface area (Å²) in [7, 11) is 1.78. The van der Waals surface area contributed by atoms with Crippen LogP contribution in [0.1, 0.15) is 52.4 Å². The van der Waals surface area contributed by atoms with Gasteiger partial charge in [-0.05, 0) is 38.5 Å². The first-order valence-corrected chi connectivity index (χ1v) is 7.17. The van der Waals surface area contributed by atoms with Gasteiger partial charge in [-0.15, -0.1) is 0 Å². The SMILES string of the molecule is CCC(CC)N(CCOC)CCC1(N)CCC1. The molecule has 1 aliphatic carbocycles. The molecule has 0 bridgehead atoms. The normalized spacial score (nSPS) is 18.7. The van der Waals surface area contributed by atoms with E-state index in [1.165, 1.54) is 32.1 Å². The molecular formula is C14H30N2O. The average molecular weight is 242 g/mol. The van der Waals surface area contributed by atoms with Crippen LogP contribution in [0, 0.1) is 0 Å². The highest BCUT2D eigenvalue weighted by Gasteiger charge is 2.32. The van der Waals surface area contributed by atoms with Gasteiger partial charge in [-0.1, -0.05) is 13.8 Å². The topological polar surface area (TPSA) is 38.5 Å². The second-order valence-electron chi connectivity index (χ2n) is 5.47. The van der Waals surface area contributed by atoms with E-state index in [1.807, 2.05) is 0 Å². The molecule has 0 atom stereocenters. The Bertz CT molecular complexity index is 200. The third kappa shape index (κ3) is 4.57. The van der Waals surface area contributed by atoms with E-state index in [4.69, 9.17) is 10.5 Å². The van der Waals surface area contributed by atoms with Gasteiger partial charge in [-0.25, -0.2) is 0 Å². The lowest BCUT2D eigenvalue weighted by Gasteiger charge is -2.41. The van der Waals surface area contributed by atoms with Crippen molar-refractivity contribution in [3.05, 3.63) is 0 Å². The Morgan fingerprint density at radius 2 is 1.88 bits per heavy atom. The molecule has 0 aromatic heterocycles. The van der Waals surface area contributed by atoms with Gasteiger partial charge in [0, 0.05) is 31.8 Å². The molecule has 0 aliphatic heterocycles. The maximum absolute atomic E-state index is 6.30. The number of hydrogen-bond acceptors (Lipinski definition) is 3. The third-order valence-electron chi connectivity index (χ3n) is 4.29. The van der Waals surface area contributed by atoms with Crippen LogP contribution in [0.2, 0.25) is 0 Å². The second-order valence-corrected chi connectivity index (χ2v) is 5.47. The van der Waals surface area contributed by atoms with Gasteiger partial charge in [-0.3, -0.25) is 4.90 Å². The van der Waals surface area contributed by atoms with Crippen LogP contribution in [0.25, 0.3) is 0 Å². The molecule has 0 spiro atoms. The fourth-order valence-corrected chi connectivity index (χ4v) is 2.74. The lowest BCUT2D eigenvalue weighted by atomic mass is 9.75. The molecule has 2 N–H and O–H groups in total. The number of nitrogens with two attached hydrogens (primary N) is 1. The Morgan fingerprint density at radius 1 is 1.24 bits per heavy atom. The van der Waals surface area contributed by atoms with Crippen LogP contribution >= 0.6 is 0 Å². The molecule has 1 saturated carbocycles. The molecular weight excluding hydrogens is 212 g/mol. The minimum atomic E-state index is 0.150. The largest absolute Gasteiger partial charge is 0.383 e. The van der Waals surface area contributed by atoms with Crippen LogP contribution in [0.3, 0.4) is 0 Å². The van der Waals surface area contributed by atoms with E-state index in [1.54, 1.807) is 7.11 Å². The van der Waals surface area contributed by atoms with Crippen molar-refractivity contribution in [1.82, 2.24) is 4.90 Å². The molecule has 3 nitrogen and oxygen atoms in total. The molecule has 0 saturated heterocycles. The van der Waals surface area contributed by atoms with Gasteiger partial charge < -0.3 is 10.5 Å². The van der Waals surface area contributed by atoms with Crippen molar-refractivity contribution < 1.29 is 4.74 Å². The minimum absolute atomic E-state index is 0.150. The smallest absolute Gasteiger partial charge is 0.0589 e. The van der Waals surface area contributed by atoms with Crippen LogP contribution < -0.4 is 5.73 Å². The number of rotatable bonds is 9. The second kappa shape index (κ2) is 7.34. The van der Waals surface area contributed by atoms with Gasteiger partial charge >= 0.3 is 0 Å². The van der Waals surface area contributed by atoms with E-state index in [-0.39, 0.29) is 5.54 Å². The number of nitrogens with zero attached hydrogens (tertiary/aromatic N) is 1. The van der Waals surface area contributed by atoms with Gasteiger partial charge in [0.1, 0.15) is 0 Å². The lowest BCUT2D eigenvalue weighted by Crippen LogP contribution is -2.50. The predicted octanol–water partition coefficient (Wildman–Crippen LogP) is 2.39. The van der Waals surface area contributed by atoms with Crippen molar-refractivity contribution in [3.8, 4) is 0 Å². The summed E-state index contributed by atoms with van der Waals surface area (Å²) in [5.41, 5.74) is 6.46. The molecule has 1 rings (SSSR count). The van der Waals surface area contributed by atoms with E-state index in [2.05, 4.69) is 18.7 Å². The van der Waals surface area contributed by atoms with Gasteiger partial charge in [0.15, 0.2) is 0 Å². The summed E-state index contributed by atoms with van der Waals surface area (Å²) in [6.07, 6.45) is 7.34. The fourth-order valence-electron chi connectivity index (χ4n) is 2.74. The summed E-state index contributed by atoms with van der Waals surface area (Å²) in [6, 6.07) is 0.689. The zero-order chi connectivity index (χ0) is 12.7. The monoisotopic (exact) mass is 242 g/mol. The predicted molar refractivity (Wildman–Crippen MR) is 73.2 cm³/mol. The first-order valence-electron chi connectivity index (χ1n) is 7.17. The standard InChI is InChI=1S/C14H30N2O/c1-4-13(5-2)16(11-12-17-3)10-9-14(15)7-6-8-14/h13H,4-12,15H2,1-3H3. The Balaban J connectivity index is 2.38. The molecule has 3 heteroatoms. The summed E-state index contributed by atoms with van der Waals surface area (Å²) in [5.74, 6) is 0. The lowest BCUT2D eigenvalue weighted by molar-refractivity contribution is 0.0983. The zero-order valence-corrected chi connectivity index (χ0v) is 11.9. The zero-order valence-electron chi connectivity index (χ0n) is 11.9. The van der Waals surface area contributed by atoms with Gasteiger partial charge in [-0.2, -0.15) is 0 Å². The maximum Gasteiger partial charge on any atom is 0.0589 e. The molecule has 0 heterocycles. The highest BCUT2D eigenvalue weighted by atomic mass is 16.5. The molecule has 0 aromatic rings. The summed E-state index contributed by atoms with van der Waals surface area (Å²) in [5, 5.41) is 0. The quantitative estimate of drug-likeness (QED) is 0.675. The van der Waals surface area contributed by atoms with E-state index < -0.39 is 0 Å². The average Bonchev–Trinajstić information content (AvgIpc) is 2.30. The highest BCUT2D eigenvalue weighted by molar-refractivity contribution is 4.93. The van der Waals surface area contributed by atoms with Crippen molar-refractivity contribution in [3.63, 3.8) is 0 Å². The molecule has 0 amide bonds. The van der Waals surface area contributed by atoms with Crippen LogP contribution in [0.5, 0.6) is 0 Å². The molecule has 0 unspecified atom stereocenters. The molecule has 102 valence electrons. The van der Waals surface area contributed by atoms with Crippen molar-refractivity contribution in [1.29, 1.82) is 0 Å². The van der Waals surface area contributed by atoms with Gasteiger partial charge in [0.25, 0.3) is 0 Å². The molecule has 0 radical (unpaired) electrons. The summed E-state index contributed by atoms with van der Waals surface area (Å²) >= 11 is 0. The summed E-state index contributed by atoms with van der Waals surface area (Å²) in [6.45, 7) is 7.55. The number of hydrogen-bond donors (Lipinski definition) is 1. The molecule has 1 aliphatic rings. The van der Waals surface area contributed by atoms with Crippen LogP contribution in [-0.2, 0) is 4.74 Å². The Hall–Kier alpha value is -0.120. The Labute approximate surface area is 107 Å². The molecule has 0 aromatic carbocycles.